The summed E-state index contributed by atoms with van der Waals surface area (Å²) in [6.45, 7) is 1.83. The summed E-state index contributed by atoms with van der Waals surface area (Å²) >= 11 is 5.03. The fourth-order valence-electron chi connectivity index (χ4n) is 1.91. The van der Waals surface area contributed by atoms with Gasteiger partial charge in [0.05, 0.1) is 16.4 Å². The molecule has 0 saturated carbocycles. The van der Waals surface area contributed by atoms with Crippen LogP contribution in [-0.4, -0.2) is 15.9 Å². The Bertz CT molecular complexity index is 628. The number of nitrogens with zero attached hydrogens (tertiary/aromatic N) is 1. The quantitative estimate of drug-likeness (QED) is 0.846. The van der Waals surface area contributed by atoms with E-state index >= 15 is 0 Å². The van der Waals surface area contributed by atoms with Crippen LogP contribution in [0.4, 0.5) is 5.69 Å². The van der Waals surface area contributed by atoms with Crippen LogP contribution in [0.25, 0.3) is 0 Å². The van der Waals surface area contributed by atoms with Crippen LogP contribution >= 0.6 is 12.2 Å². The van der Waals surface area contributed by atoms with Crippen molar-refractivity contribution in [2.24, 2.45) is 5.73 Å². The number of carbonyl (C=O) groups excluding carboxylic acids is 1. The molecule has 1 atom stereocenters. The fourth-order valence-corrected chi connectivity index (χ4v) is 2.15. The van der Waals surface area contributed by atoms with E-state index < -0.39 is 5.92 Å². The van der Waals surface area contributed by atoms with Gasteiger partial charge in [-0.2, -0.15) is 0 Å². The summed E-state index contributed by atoms with van der Waals surface area (Å²) < 4.78 is 0. The Morgan fingerprint density at radius 2 is 1.95 bits per heavy atom. The summed E-state index contributed by atoms with van der Waals surface area (Å²) in [5.41, 5.74) is 7.90. The first-order chi connectivity index (χ1) is 9.59. The molecule has 1 heterocycles. The normalized spacial score (nSPS) is 11.7. The highest BCUT2D eigenvalue weighted by molar-refractivity contribution is 7.80. The Kier molecular flexibility index (Phi) is 4.42. The molecule has 0 radical (unpaired) electrons. The van der Waals surface area contributed by atoms with Gasteiger partial charge in [0.15, 0.2) is 0 Å². The Balaban J connectivity index is 2.25. The molecule has 20 heavy (non-hydrogen) atoms. The zero-order valence-electron chi connectivity index (χ0n) is 11.0. The van der Waals surface area contributed by atoms with E-state index in [2.05, 4.69) is 10.3 Å². The lowest BCUT2D eigenvalue weighted by Crippen LogP contribution is -2.31. The smallest absolute Gasteiger partial charge is 0.238 e. The molecule has 0 saturated heterocycles. The molecule has 4 nitrogen and oxygen atoms in total. The van der Waals surface area contributed by atoms with Crippen LogP contribution in [-0.2, 0) is 4.79 Å². The summed E-state index contributed by atoms with van der Waals surface area (Å²) in [5, 5.41) is 2.82. The van der Waals surface area contributed by atoms with E-state index in [1.165, 1.54) is 0 Å². The predicted molar refractivity (Wildman–Crippen MR) is 83.6 cm³/mol. The van der Waals surface area contributed by atoms with E-state index in [1.807, 2.05) is 37.3 Å². The first kappa shape index (κ1) is 14.1. The Labute approximate surface area is 123 Å². The average molecular weight is 285 g/mol. The lowest BCUT2D eigenvalue weighted by molar-refractivity contribution is -0.116. The molecule has 0 bridgehead atoms. The lowest BCUT2D eigenvalue weighted by atomic mass is 9.98. The van der Waals surface area contributed by atoms with Crippen LogP contribution in [0.3, 0.4) is 0 Å². The van der Waals surface area contributed by atoms with Gasteiger partial charge in [0.25, 0.3) is 0 Å². The fraction of sp³-hybridized carbons (Fsp3) is 0.133. The molecule has 2 aromatic rings. The van der Waals surface area contributed by atoms with Crippen molar-refractivity contribution in [1.82, 2.24) is 4.98 Å². The number of nitrogens with two attached hydrogens (primary N) is 1. The molecule has 0 aliphatic rings. The maximum Gasteiger partial charge on any atom is 0.238 e. The lowest BCUT2D eigenvalue weighted by Gasteiger charge is -2.16. The SMILES string of the molecule is Cc1ncccc1NC(=O)C(C(N)=S)c1ccccc1. The van der Waals surface area contributed by atoms with Crippen LogP contribution < -0.4 is 11.1 Å². The molecule has 102 valence electrons. The monoisotopic (exact) mass is 285 g/mol. The molecule has 0 aliphatic heterocycles. The number of thiocarbonyl (C=S) groups is 1. The summed E-state index contributed by atoms with van der Waals surface area (Å²) in [7, 11) is 0. The first-order valence-electron chi connectivity index (χ1n) is 6.16. The molecule has 1 aromatic heterocycles. The minimum Gasteiger partial charge on any atom is -0.392 e. The van der Waals surface area contributed by atoms with Crippen molar-refractivity contribution in [1.29, 1.82) is 0 Å². The van der Waals surface area contributed by atoms with Crippen LogP contribution in [0.2, 0.25) is 0 Å². The standard InChI is InChI=1S/C15H15N3OS/c1-10-12(8-5-9-17-10)18-15(19)13(14(16)20)11-6-3-2-4-7-11/h2-9,13H,1H3,(H2,16,20)(H,18,19). The van der Waals surface area contributed by atoms with E-state index in [1.54, 1.807) is 18.3 Å². The largest absolute Gasteiger partial charge is 0.392 e. The summed E-state index contributed by atoms with van der Waals surface area (Å²) in [4.78, 5) is 16.7. The van der Waals surface area contributed by atoms with E-state index in [0.717, 1.165) is 11.3 Å². The molecule has 0 aliphatic carbocycles. The molecule has 1 aromatic carbocycles. The predicted octanol–water partition coefficient (Wildman–Crippen LogP) is 2.40. The number of nitrogens with one attached hydrogen (secondary N) is 1. The van der Waals surface area contributed by atoms with Crippen molar-refractivity contribution < 1.29 is 4.79 Å². The molecule has 5 heteroatoms. The van der Waals surface area contributed by atoms with Gasteiger partial charge >= 0.3 is 0 Å². The molecule has 2 rings (SSSR count). The van der Waals surface area contributed by atoms with Gasteiger partial charge in [-0.15, -0.1) is 0 Å². The molecule has 0 fully saturated rings. The number of hydrogen-bond donors (Lipinski definition) is 2. The highest BCUT2D eigenvalue weighted by atomic mass is 32.1. The maximum absolute atomic E-state index is 12.4. The van der Waals surface area contributed by atoms with Crippen LogP contribution in [0.15, 0.2) is 48.7 Å². The molecular weight excluding hydrogens is 270 g/mol. The molecule has 1 amide bonds. The number of benzene rings is 1. The van der Waals surface area contributed by atoms with Crippen molar-refractivity contribution >= 4 is 28.8 Å². The van der Waals surface area contributed by atoms with Gasteiger partial charge in [-0.1, -0.05) is 42.5 Å². The number of pyridine rings is 1. The summed E-state index contributed by atoms with van der Waals surface area (Å²) in [6, 6.07) is 12.8. The van der Waals surface area contributed by atoms with Crippen molar-refractivity contribution in [3.05, 3.63) is 59.9 Å². The van der Waals surface area contributed by atoms with Gasteiger partial charge < -0.3 is 11.1 Å². The van der Waals surface area contributed by atoms with Crippen molar-refractivity contribution in [3.63, 3.8) is 0 Å². The van der Waals surface area contributed by atoms with Gasteiger partial charge in [-0.3, -0.25) is 9.78 Å². The van der Waals surface area contributed by atoms with E-state index in [-0.39, 0.29) is 10.9 Å². The number of carbonyl (C=O) groups is 1. The van der Waals surface area contributed by atoms with Gasteiger partial charge in [0, 0.05) is 6.20 Å². The number of hydrogen-bond acceptors (Lipinski definition) is 3. The second-order valence-corrected chi connectivity index (χ2v) is 4.84. The van der Waals surface area contributed by atoms with Crippen molar-refractivity contribution in [3.8, 4) is 0 Å². The van der Waals surface area contributed by atoms with E-state index in [9.17, 15) is 4.79 Å². The Hall–Kier alpha value is -2.27. The van der Waals surface area contributed by atoms with Gasteiger partial charge in [0.1, 0.15) is 5.92 Å². The number of aryl methyl sites for hydroxylation is 1. The van der Waals surface area contributed by atoms with Gasteiger partial charge in [-0.25, -0.2) is 0 Å². The number of anilines is 1. The maximum atomic E-state index is 12.4. The highest BCUT2D eigenvalue weighted by Crippen LogP contribution is 2.19. The van der Waals surface area contributed by atoms with Crippen LogP contribution in [0, 0.1) is 6.92 Å². The highest BCUT2D eigenvalue weighted by Gasteiger charge is 2.23. The summed E-state index contributed by atoms with van der Waals surface area (Å²) in [5.74, 6) is -0.898. The molecule has 0 spiro atoms. The van der Waals surface area contributed by atoms with Gasteiger partial charge in [0.2, 0.25) is 5.91 Å². The van der Waals surface area contributed by atoms with Gasteiger partial charge in [-0.05, 0) is 24.6 Å². The molecule has 1 unspecified atom stereocenters. The topological polar surface area (TPSA) is 68.0 Å². The van der Waals surface area contributed by atoms with Crippen molar-refractivity contribution in [2.75, 3.05) is 5.32 Å². The minimum absolute atomic E-state index is 0.148. The molecular formula is C15H15N3OS. The third-order valence-corrected chi connectivity index (χ3v) is 3.18. The number of aromatic nitrogens is 1. The second-order valence-electron chi connectivity index (χ2n) is 4.37. The Morgan fingerprint density at radius 3 is 2.55 bits per heavy atom. The third-order valence-electron chi connectivity index (χ3n) is 2.94. The average Bonchev–Trinajstić information content (AvgIpc) is 2.42. The van der Waals surface area contributed by atoms with E-state index in [4.69, 9.17) is 18.0 Å². The van der Waals surface area contributed by atoms with E-state index in [0.29, 0.717) is 5.69 Å². The van der Waals surface area contributed by atoms with Crippen molar-refractivity contribution in [2.45, 2.75) is 12.8 Å². The third kappa shape index (κ3) is 3.19. The summed E-state index contributed by atoms with van der Waals surface area (Å²) in [6.07, 6.45) is 1.67. The Morgan fingerprint density at radius 1 is 1.25 bits per heavy atom. The second kappa shape index (κ2) is 6.25. The zero-order valence-corrected chi connectivity index (χ0v) is 11.9. The van der Waals surface area contributed by atoms with Crippen LogP contribution in [0.1, 0.15) is 17.2 Å². The minimum atomic E-state index is -0.647. The number of rotatable bonds is 4. The molecule has 3 N–H and O–H groups in total. The first-order valence-corrected chi connectivity index (χ1v) is 6.57. The van der Waals surface area contributed by atoms with Crippen LogP contribution in [0.5, 0.6) is 0 Å². The zero-order chi connectivity index (χ0) is 14.5. The number of amides is 1.